The van der Waals surface area contributed by atoms with Crippen molar-refractivity contribution in [2.75, 3.05) is 0 Å². The zero-order valence-electron chi connectivity index (χ0n) is 10.9. The van der Waals surface area contributed by atoms with E-state index in [1.54, 1.807) is 17.1 Å². The lowest BCUT2D eigenvalue weighted by Gasteiger charge is -2.19. The number of aromatic nitrogens is 3. The molecule has 2 aromatic heterocycles. The molecule has 0 bridgehead atoms. The largest absolute Gasteiger partial charge is 0.271 e. The number of nitrogens with zero attached hydrogens (tertiary/aromatic N) is 3. The number of nitrogens with one attached hydrogen (secondary N) is 1. The quantitative estimate of drug-likeness (QED) is 0.572. The van der Waals surface area contributed by atoms with Crippen LogP contribution in [-0.2, 0) is 7.05 Å². The van der Waals surface area contributed by atoms with E-state index in [9.17, 15) is 0 Å². The lowest BCUT2D eigenvalue weighted by Crippen LogP contribution is -2.30. The van der Waals surface area contributed by atoms with Crippen LogP contribution >= 0.6 is 11.6 Å². The van der Waals surface area contributed by atoms with Gasteiger partial charge in [-0.05, 0) is 17.7 Å². The van der Waals surface area contributed by atoms with Gasteiger partial charge in [0.2, 0.25) is 0 Å². The second kappa shape index (κ2) is 5.20. The predicted molar refractivity (Wildman–Crippen MR) is 79.1 cm³/mol. The minimum Gasteiger partial charge on any atom is -0.271 e. The van der Waals surface area contributed by atoms with Crippen molar-refractivity contribution in [1.29, 1.82) is 0 Å². The smallest absolute Gasteiger partial charge is 0.0899 e. The maximum absolute atomic E-state index is 6.23. The van der Waals surface area contributed by atoms with Crippen molar-refractivity contribution in [3.8, 4) is 0 Å². The van der Waals surface area contributed by atoms with Crippen molar-refractivity contribution >= 4 is 22.5 Å². The van der Waals surface area contributed by atoms with Crippen molar-refractivity contribution in [3.05, 3.63) is 59.0 Å². The normalized spacial score (nSPS) is 12.8. The van der Waals surface area contributed by atoms with Crippen LogP contribution in [0.25, 0.3) is 10.9 Å². The number of hydrogen-bond donors (Lipinski definition) is 2. The molecule has 0 amide bonds. The summed E-state index contributed by atoms with van der Waals surface area (Å²) in [7, 11) is 1.84. The van der Waals surface area contributed by atoms with Gasteiger partial charge in [0.15, 0.2) is 0 Å². The average molecular weight is 288 g/mol. The van der Waals surface area contributed by atoms with E-state index in [1.807, 2.05) is 37.4 Å². The van der Waals surface area contributed by atoms with Gasteiger partial charge >= 0.3 is 0 Å². The third kappa shape index (κ3) is 2.06. The minimum absolute atomic E-state index is 0.247. The Labute approximate surface area is 121 Å². The molecule has 0 aliphatic heterocycles. The van der Waals surface area contributed by atoms with Crippen molar-refractivity contribution in [3.63, 3.8) is 0 Å². The fourth-order valence-electron chi connectivity index (χ4n) is 2.44. The predicted octanol–water partition coefficient (Wildman–Crippen LogP) is 2.17. The molecule has 0 radical (unpaired) electrons. The molecule has 3 aromatic rings. The highest BCUT2D eigenvalue weighted by Crippen LogP contribution is 2.31. The fourth-order valence-corrected chi connectivity index (χ4v) is 2.71. The number of hydrogen-bond acceptors (Lipinski definition) is 4. The van der Waals surface area contributed by atoms with E-state index >= 15 is 0 Å². The number of halogens is 1. The number of hydrazine groups is 1. The van der Waals surface area contributed by atoms with Crippen molar-refractivity contribution in [2.45, 2.75) is 6.04 Å². The van der Waals surface area contributed by atoms with E-state index in [0.717, 1.165) is 22.2 Å². The first-order valence-electron chi connectivity index (χ1n) is 6.19. The van der Waals surface area contributed by atoms with E-state index in [-0.39, 0.29) is 6.04 Å². The van der Waals surface area contributed by atoms with E-state index in [1.165, 1.54) is 0 Å². The monoisotopic (exact) mass is 287 g/mol. The van der Waals surface area contributed by atoms with Gasteiger partial charge in [0.25, 0.3) is 0 Å². The molecule has 0 aliphatic rings. The van der Waals surface area contributed by atoms with Crippen LogP contribution in [0, 0.1) is 0 Å². The van der Waals surface area contributed by atoms with Crippen molar-refractivity contribution < 1.29 is 0 Å². The van der Waals surface area contributed by atoms with Crippen LogP contribution in [0.1, 0.15) is 17.3 Å². The molecular weight excluding hydrogens is 274 g/mol. The van der Waals surface area contributed by atoms with Gasteiger partial charge in [0.05, 0.1) is 28.5 Å². The second-order valence-corrected chi connectivity index (χ2v) is 4.93. The highest BCUT2D eigenvalue weighted by Gasteiger charge is 2.21. The summed E-state index contributed by atoms with van der Waals surface area (Å²) in [5, 5.41) is 5.78. The summed E-state index contributed by atoms with van der Waals surface area (Å²) in [4.78, 5) is 4.36. The minimum atomic E-state index is -0.247. The van der Waals surface area contributed by atoms with Gasteiger partial charge in [-0.25, -0.2) is 5.43 Å². The van der Waals surface area contributed by atoms with Gasteiger partial charge < -0.3 is 0 Å². The van der Waals surface area contributed by atoms with Crippen LogP contribution in [-0.4, -0.2) is 14.8 Å². The first-order chi connectivity index (χ1) is 9.72. The van der Waals surface area contributed by atoms with Gasteiger partial charge in [-0.3, -0.25) is 15.5 Å². The van der Waals surface area contributed by atoms with Crippen LogP contribution in [0.5, 0.6) is 0 Å². The second-order valence-electron chi connectivity index (χ2n) is 4.52. The Kier molecular flexibility index (Phi) is 3.40. The molecule has 0 saturated heterocycles. The number of benzene rings is 1. The Hall–Kier alpha value is -1.95. The molecule has 1 unspecified atom stereocenters. The van der Waals surface area contributed by atoms with Gasteiger partial charge in [-0.2, -0.15) is 5.10 Å². The highest BCUT2D eigenvalue weighted by molar-refractivity contribution is 6.31. The maximum atomic E-state index is 6.23. The van der Waals surface area contributed by atoms with Crippen LogP contribution in [0.2, 0.25) is 5.02 Å². The average Bonchev–Trinajstić information content (AvgIpc) is 2.81. The Balaban J connectivity index is 2.22. The summed E-state index contributed by atoms with van der Waals surface area (Å²) in [5.41, 5.74) is 5.58. The first-order valence-corrected chi connectivity index (χ1v) is 6.57. The zero-order valence-corrected chi connectivity index (χ0v) is 11.7. The van der Waals surface area contributed by atoms with E-state index in [4.69, 9.17) is 17.4 Å². The summed E-state index contributed by atoms with van der Waals surface area (Å²) < 4.78 is 1.72. The summed E-state index contributed by atoms with van der Waals surface area (Å²) in [5.74, 6) is 5.75. The van der Waals surface area contributed by atoms with E-state index in [2.05, 4.69) is 15.5 Å². The Morgan fingerprint density at radius 1 is 1.30 bits per heavy atom. The summed E-state index contributed by atoms with van der Waals surface area (Å²) in [6, 6.07) is 9.62. The fraction of sp³-hybridized carbons (Fsp3) is 0.143. The van der Waals surface area contributed by atoms with Crippen LogP contribution in [0.4, 0.5) is 0 Å². The molecule has 0 fully saturated rings. The number of pyridine rings is 1. The topological polar surface area (TPSA) is 68.8 Å². The van der Waals surface area contributed by atoms with Crippen molar-refractivity contribution in [1.82, 2.24) is 20.2 Å². The van der Waals surface area contributed by atoms with Crippen LogP contribution in [0.3, 0.4) is 0 Å². The third-order valence-corrected chi connectivity index (χ3v) is 3.66. The standard InChI is InChI=1S/C14H14ClN5/c1-20-14(11(15)8-18-20)13(19-16)10-4-2-6-12-9(10)5-3-7-17-12/h2-8,13,19H,16H2,1H3. The summed E-state index contributed by atoms with van der Waals surface area (Å²) in [6.07, 6.45) is 3.39. The molecule has 20 heavy (non-hydrogen) atoms. The zero-order chi connectivity index (χ0) is 14.1. The lowest BCUT2D eigenvalue weighted by molar-refractivity contribution is 0.578. The number of aryl methyl sites for hydroxylation is 1. The molecule has 0 saturated carbocycles. The van der Waals surface area contributed by atoms with Crippen molar-refractivity contribution in [2.24, 2.45) is 12.9 Å². The molecule has 0 spiro atoms. The number of nitrogens with two attached hydrogens (primary N) is 1. The summed E-state index contributed by atoms with van der Waals surface area (Å²) >= 11 is 6.23. The van der Waals surface area contributed by atoms with Crippen LogP contribution in [0.15, 0.2) is 42.7 Å². The molecule has 5 nitrogen and oxygen atoms in total. The SMILES string of the molecule is Cn1ncc(Cl)c1C(NN)c1cccc2ncccc12. The Bertz CT molecular complexity index is 727. The van der Waals surface area contributed by atoms with Gasteiger partial charge in [-0.15, -0.1) is 0 Å². The van der Waals surface area contributed by atoms with E-state index in [0.29, 0.717) is 5.02 Å². The first kappa shape index (κ1) is 13.1. The molecule has 1 aromatic carbocycles. The molecule has 0 aliphatic carbocycles. The third-order valence-electron chi connectivity index (χ3n) is 3.37. The van der Waals surface area contributed by atoms with Gasteiger partial charge in [0, 0.05) is 18.6 Å². The molecular formula is C14H14ClN5. The van der Waals surface area contributed by atoms with Crippen LogP contribution < -0.4 is 11.3 Å². The van der Waals surface area contributed by atoms with E-state index < -0.39 is 0 Å². The molecule has 3 rings (SSSR count). The molecule has 1 atom stereocenters. The number of rotatable bonds is 3. The molecule has 102 valence electrons. The van der Waals surface area contributed by atoms with Gasteiger partial charge in [0.1, 0.15) is 0 Å². The molecule has 6 heteroatoms. The summed E-state index contributed by atoms with van der Waals surface area (Å²) in [6.45, 7) is 0. The maximum Gasteiger partial charge on any atom is 0.0899 e. The number of fused-ring (bicyclic) bond motifs is 1. The highest BCUT2D eigenvalue weighted by atomic mass is 35.5. The molecule has 3 N–H and O–H groups in total. The Morgan fingerprint density at radius 3 is 2.85 bits per heavy atom. The molecule has 2 heterocycles. The van der Waals surface area contributed by atoms with Gasteiger partial charge in [-0.1, -0.05) is 29.8 Å². The lowest BCUT2D eigenvalue weighted by atomic mass is 9.99. The Morgan fingerprint density at radius 2 is 2.15 bits per heavy atom.